The largest absolute Gasteiger partial charge is 0.465 e. The van der Waals surface area contributed by atoms with Crippen molar-refractivity contribution in [3.8, 4) is 0 Å². The van der Waals surface area contributed by atoms with Crippen molar-refractivity contribution in [3.05, 3.63) is 58.5 Å². The number of hydrogen-bond donors (Lipinski definition) is 1. The van der Waals surface area contributed by atoms with E-state index in [-0.39, 0.29) is 0 Å². The Morgan fingerprint density at radius 2 is 1.70 bits per heavy atom. The summed E-state index contributed by atoms with van der Waals surface area (Å²) in [5, 5.41) is 0. The Hall–Kier alpha value is -2.56. The minimum atomic E-state index is -0.638. The zero-order valence-electron chi connectivity index (χ0n) is 11.5. The average molecular weight is 273 g/mol. The first kappa shape index (κ1) is 13.9. The van der Waals surface area contributed by atoms with Crippen LogP contribution in [0.5, 0.6) is 0 Å². The molecule has 0 atom stereocenters. The van der Waals surface area contributed by atoms with Gasteiger partial charge in [0.2, 0.25) is 0 Å². The molecule has 1 aromatic carbocycles. The van der Waals surface area contributed by atoms with Gasteiger partial charge in [0, 0.05) is 11.1 Å². The van der Waals surface area contributed by atoms with Crippen LogP contribution in [-0.4, -0.2) is 11.9 Å². The molecule has 1 N–H and O–H groups in total. The van der Waals surface area contributed by atoms with Gasteiger partial charge < -0.3 is 9.25 Å². The van der Waals surface area contributed by atoms with Crippen molar-refractivity contribution in [1.82, 2.24) is 5.48 Å². The molecule has 20 heavy (non-hydrogen) atoms. The fourth-order valence-electron chi connectivity index (χ4n) is 1.89. The van der Waals surface area contributed by atoms with E-state index in [2.05, 4.69) is 5.48 Å². The van der Waals surface area contributed by atoms with Gasteiger partial charge in [-0.15, -0.1) is 0 Å². The van der Waals surface area contributed by atoms with Gasteiger partial charge in [0.05, 0.1) is 0 Å². The lowest BCUT2D eigenvalue weighted by Gasteiger charge is -2.05. The van der Waals surface area contributed by atoms with Crippen molar-refractivity contribution in [3.63, 3.8) is 0 Å². The molecule has 0 saturated carbocycles. The quantitative estimate of drug-likeness (QED) is 0.854. The van der Waals surface area contributed by atoms with Crippen molar-refractivity contribution in [2.24, 2.45) is 0 Å². The second-order valence-corrected chi connectivity index (χ2v) is 4.40. The van der Waals surface area contributed by atoms with Crippen LogP contribution in [0.25, 0.3) is 0 Å². The first-order valence-corrected chi connectivity index (χ1v) is 6.14. The first-order chi connectivity index (χ1) is 9.50. The van der Waals surface area contributed by atoms with Crippen LogP contribution in [0.15, 0.2) is 34.7 Å². The fourth-order valence-corrected chi connectivity index (χ4v) is 1.89. The first-order valence-electron chi connectivity index (χ1n) is 6.14. The molecule has 1 heterocycles. The third-order valence-electron chi connectivity index (χ3n) is 3.04. The smallest absolute Gasteiger partial charge is 0.366 e. The average Bonchev–Trinajstić information content (AvgIpc) is 2.70. The lowest BCUT2D eigenvalue weighted by Crippen LogP contribution is -2.27. The molecule has 0 aliphatic heterocycles. The topological polar surface area (TPSA) is 68.5 Å². The normalized spacial score (nSPS) is 10.2. The molecule has 0 aliphatic rings. The number of aryl methyl sites for hydroxylation is 2. The molecule has 0 spiro atoms. The Labute approximate surface area is 116 Å². The van der Waals surface area contributed by atoms with Gasteiger partial charge in [0.25, 0.3) is 5.91 Å². The standard InChI is InChI=1S/C15H15NO4/c1-9-10(2)19-11(3)13(9)15(18)20-16-14(17)12-7-5-4-6-8-12/h4-8H,1-3H3,(H,16,17). The summed E-state index contributed by atoms with van der Waals surface area (Å²) >= 11 is 0. The highest BCUT2D eigenvalue weighted by atomic mass is 16.7. The van der Waals surface area contributed by atoms with E-state index in [0.717, 1.165) is 0 Å². The van der Waals surface area contributed by atoms with Crippen LogP contribution < -0.4 is 5.48 Å². The van der Waals surface area contributed by atoms with Crippen LogP contribution in [0.3, 0.4) is 0 Å². The number of rotatable bonds is 2. The van der Waals surface area contributed by atoms with Gasteiger partial charge in [-0.3, -0.25) is 4.79 Å². The van der Waals surface area contributed by atoms with Gasteiger partial charge in [-0.1, -0.05) is 18.2 Å². The third kappa shape index (κ3) is 2.71. The summed E-state index contributed by atoms with van der Waals surface area (Å²) in [5.41, 5.74) is 3.60. The molecule has 1 amide bonds. The summed E-state index contributed by atoms with van der Waals surface area (Å²) in [6.45, 7) is 5.21. The van der Waals surface area contributed by atoms with Crippen molar-refractivity contribution in [2.75, 3.05) is 0 Å². The summed E-state index contributed by atoms with van der Waals surface area (Å²) in [6.07, 6.45) is 0. The highest BCUT2D eigenvalue weighted by Crippen LogP contribution is 2.21. The maximum absolute atomic E-state index is 11.9. The highest BCUT2D eigenvalue weighted by Gasteiger charge is 2.21. The Bertz CT molecular complexity index is 643. The molecule has 104 valence electrons. The van der Waals surface area contributed by atoms with Crippen LogP contribution in [0.2, 0.25) is 0 Å². The molecule has 1 aromatic heterocycles. The molecule has 5 heteroatoms. The van der Waals surface area contributed by atoms with E-state index in [1.54, 1.807) is 51.1 Å². The van der Waals surface area contributed by atoms with Crippen molar-refractivity contribution in [1.29, 1.82) is 0 Å². The summed E-state index contributed by atoms with van der Waals surface area (Å²) in [7, 11) is 0. The molecule has 0 unspecified atom stereocenters. The molecule has 2 aromatic rings. The van der Waals surface area contributed by atoms with Crippen LogP contribution >= 0.6 is 0 Å². The lowest BCUT2D eigenvalue weighted by molar-refractivity contribution is 0.0228. The third-order valence-corrected chi connectivity index (χ3v) is 3.04. The molecule has 0 aliphatic carbocycles. The summed E-state index contributed by atoms with van der Waals surface area (Å²) in [5.74, 6) is 0.0124. The number of hydrogen-bond acceptors (Lipinski definition) is 4. The van der Waals surface area contributed by atoms with Gasteiger partial charge in [-0.2, -0.15) is 5.48 Å². The molecule has 2 rings (SSSR count). The van der Waals surface area contributed by atoms with E-state index in [9.17, 15) is 9.59 Å². The number of nitrogens with one attached hydrogen (secondary N) is 1. The summed E-state index contributed by atoms with van der Waals surface area (Å²) < 4.78 is 5.34. The van der Waals surface area contributed by atoms with E-state index in [0.29, 0.717) is 28.2 Å². The number of benzene rings is 1. The Morgan fingerprint density at radius 1 is 1.05 bits per heavy atom. The minimum Gasteiger partial charge on any atom is -0.465 e. The molecular formula is C15H15NO4. The maximum atomic E-state index is 11.9. The van der Waals surface area contributed by atoms with Gasteiger partial charge in [-0.25, -0.2) is 4.79 Å². The number of hydroxylamine groups is 1. The summed E-state index contributed by atoms with van der Waals surface area (Å²) in [4.78, 5) is 28.5. The van der Waals surface area contributed by atoms with Crippen LogP contribution in [0.1, 0.15) is 37.8 Å². The number of carbonyl (C=O) groups is 2. The predicted octanol–water partition coefficient (Wildman–Crippen LogP) is 2.71. The van der Waals surface area contributed by atoms with Crippen molar-refractivity contribution < 1.29 is 18.8 Å². The fraction of sp³-hybridized carbons (Fsp3) is 0.200. The van der Waals surface area contributed by atoms with Crippen molar-refractivity contribution in [2.45, 2.75) is 20.8 Å². The number of amides is 1. The molecule has 5 nitrogen and oxygen atoms in total. The predicted molar refractivity (Wildman–Crippen MR) is 72.2 cm³/mol. The zero-order chi connectivity index (χ0) is 14.7. The molecule has 0 saturated heterocycles. The van der Waals surface area contributed by atoms with Gasteiger partial charge in [0.15, 0.2) is 0 Å². The second kappa shape index (κ2) is 5.61. The Kier molecular flexibility index (Phi) is 3.89. The van der Waals surface area contributed by atoms with E-state index >= 15 is 0 Å². The summed E-state index contributed by atoms with van der Waals surface area (Å²) in [6, 6.07) is 8.50. The van der Waals surface area contributed by atoms with Crippen LogP contribution in [0.4, 0.5) is 0 Å². The van der Waals surface area contributed by atoms with E-state index in [1.807, 2.05) is 0 Å². The zero-order valence-corrected chi connectivity index (χ0v) is 11.5. The van der Waals surface area contributed by atoms with E-state index in [1.165, 1.54) is 0 Å². The second-order valence-electron chi connectivity index (χ2n) is 4.40. The van der Waals surface area contributed by atoms with Crippen LogP contribution in [-0.2, 0) is 4.84 Å². The van der Waals surface area contributed by atoms with Crippen LogP contribution in [0, 0.1) is 20.8 Å². The number of furan rings is 1. The highest BCUT2D eigenvalue weighted by molar-refractivity contribution is 5.96. The monoisotopic (exact) mass is 273 g/mol. The molecule has 0 fully saturated rings. The minimum absolute atomic E-state index is 0.343. The van der Waals surface area contributed by atoms with Gasteiger partial charge in [0.1, 0.15) is 17.1 Å². The SMILES string of the molecule is Cc1oc(C)c(C(=O)ONC(=O)c2ccccc2)c1C. The van der Waals surface area contributed by atoms with Gasteiger partial charge >= 0.3 is 5.97 Å². The maximum Gasteiger partial charge on any atom is 0.366 e. The van der Waals surface area contributed by atoms with Gasteiger partial charge in [-0.05, 0) is 32.9 Å². The lowest BCUT2D eigenvalue weighted by atomic mass is 10.1. The molecule has 0 bridgehead atoms. The molecular weight excluding hydrogens is 258 g/mol. The van der Waals surface area contributed by atoms with Crippen molar-refractivity contribution >= 4 is 11.9 Å². The Balaban J connectivity index is 2.04. The number of carbonyl (C=O) groups excluding carboxylic acids is 2. The molecule has 0 radical (unpaired) electrons. The van der Waals surface area contributed by atoms with E-state index in [4.69, 9.17) is 9.25 Å². The Morgan fingerprint density at radius 3 is 2.25 bits per heavy atom. The van der Waals surface area contributed by atoms with E-state index < -0.39 is 11.9 Å².